The monoisotopic (exact) mass is 451 g/mol. The number of nitrogens with zero attached hydrogens (tertiary/aromatic N) is 4. The fraction of sp³-hybridized carbons (Fsp3) is 0.154. The average molecular weight is 452 g/mol. The summed E-state index contributed by atoms with van der Waals surface area (Å²) in [6, 6.07) is 20.0. The first-order chi connectivity index (χ1) is 16.3. The van der Waals surface area contributed by atoms with Crippen molar-refractivity contribution in [2.45, 2.75) is 25.3 Å². The van der Waals surface area contributed by atoms with E-state index in [9.17, 15) is 4.79 Å². The zero-order chi connectivity index (χ0) is 22.2. The molecule has 1 aliphatic carbocycles. The van der Waals surface area contributed by atoms with Crippen LogP contribution in [0.2, 0.25) is 0 Å². The predicted octanol–water partition coefficient (Wildman–Crippen LogP) is 5.35. The Kier molecular flexibility index (Phi) is 4.96. The van der Waals surface area contributed by atoms with Crippen LogP contribution in [0.5, 0.6) is 0 Å². The van der Waals surface area contributed by atoms with E-state index in [1.807, 2.05) is 41.8 Å². The van der Waals surface area contributed by atoms with Crippen molar-refractivity contribution in [1.82, 2.24) is 25.1 Å². The van der Waals surface area contributed by atoms with Crippen LogP contribution in [0.4, 0.5) is 0 Å². The lowest BCUT2D eigenvalue weighted by molar-refractivity contribution is 0.0929. The van der Waals surface area contributed by atoms with Gasteiger partial charge in [-0.3, -0.25) is 4.79 Å². The smallest absolute Gasteiger partial charge is 0.273 e. The molecule has 5 aromatic rings. The highest BCUT2D eigenvalue weighted by Crippen LogP contribution is 2.35. The van der Waals surface area contributed by atoms with Crippen molar-refractivity contribution in [2.24, 2.45) is 0 Å². The molecule has 0 saturated heterocycles. The minimum atomic E-state index is -0.192. The summed E-state index contributed by atoms with van der Waals surface area (Å²) in [6.45, 7) is 0. The molecule has 0 bridgehead atoms. The van der Waals surface area contributed by atoms with E-state index < -0.39 is 0 Å². The molecule has 1 aliphatic rings. The molecule has 0 aliphatic heterocycles. The van der Waals surface area contributed by atoms with Crippen LogP contribution in [0.1, 0.15) is 40.5 Å². The Labute approximate surface area is 195 Å². The highest BCUT2D eigenvalue weighted by molar-refractivity contribution is 7.13. The molecular formula is C26H21N5OS. The summed E-state index contributed by atoms with van der Waals surface area (Å²) in [5.74, 6) is 0.433. The van der Waals surface area contributed by atoms with Gasteiger partial charge < -0.3 is 5.32 Å². The number of thiophene rings is 1. The predicted molar refractivity (Wildman–Crippen MR) is 130 cm³/mol. The van der Waals surface area contributed by atoms with Gasteiger partial charge in [0.25, 0.3) is 5.91 Å². The van der Waals surface area contributed by atoms with Crippen molar-refractivity contribution in [3.05, 3.63) is 95.3 Å². The highest BCUT2D eigenvalue weighted by Gasteiger charge is 2.27. The zero-order valence-electron chi connectivity index (χ0n) is 17.8. The van der Waals surface area contributed by atoms with Gasteiger partial charge >= 0.3 is 0 Å². The lowest BCUT2D eigenvalue weighted by Crippen LogP contribution is -2.31. The van der Waals surface area contributed by atoms with Gasteiger partial charge in [0, 0.05) is 22.8 Å². The molecule has 0 saturated carbocycles. The Hall–Kier alpha value is -3.84. The van der Waals surface area contributed by atoms with Gasteiger partial charge in [-0.2, -0.15) is 9.78 Å². The third kappa shape index (κ3) is 3.50. The number of aromatic nitrogens is 4. The quantitative estimate of drug-likeness (QED) is 0.400. The maximum absolute atomic E-state index is 13.7. The summed E-state index contributed by atoms with van der Waals surface area (Å²) in [4.78, 5) is 23.8. The number of amides is 1. The SMILES string of the molecule is O=C(N[C@H]1CCCc2ccccc21)c1nn(-c2ccccn2)c2nccc(-c3cccs3)c12. The fourth-order valence-corrected chi connectivity index (χ4v) is 5.37. The summed E-state index contributed by atoms with van der Waals surface area (Å²) >= 11 is 1.63. The Morgan fingerprint density at radius 2 is 1.91 bits per heavy atom. The van der Waals surface area contributed by atoms with E-state index in [4.69, 9.17) is 5.10 Å². The zero-order valence-corrected chi connectivity index (χ0v) is 18.6. The molecule has 4 aromatic heterocycles. The third-order valence-corrected chi connectivity index (χ3v) is 7.01. The first-order valence-corrected chi connectivity index (χ1v) is 11.9. The Morgan fingerprint density at radius 3 is 2.76 bits per heavy atom. The minimum Gasteiger partial charge on any atom is -0.344 e. The Balaban J connectivity index is 1.49. The molecular weight excluding hydrogens is 430 g/mol. The van der Waals surface area contributed by atoms with Gasteiger partial charge in [0.1, 0.15) is 0 Å². The Bertz CT molecular complexity index is 1440. The molecule has 6 rings (SSSR count). The lowest BCUT2D eigenvalue weighted by atomic mass is 9.87. The highest BCUT2D eigenvalue weighted by atomic mass is 32.1. The third-order valence-electron chi connectivity index (χ3n) is 6.11. The standard InChI is InChI=1S/C26H21N5OS/c32-26(29-20-10-5-8-17-7-1-2-9-18(17)20)24-23-19(21-11-6-16-33-21)13-15-28-25(23)31(30-24)22-12-3-4-14-27-22/h1-4,6-7,9,11-16,20H,5,8,10H2,(H,29,32)/t20-/m0/s1. The van der Waals surface area contributed by atoms with E-state index in [2.05, 4.69) is 39.6 Å². The number of aryl methyl sites for hydroxylation is 1. The van der Waals surface area contributed by atoms with Gasteiger partial charge in [-0.15, -0.1) is 11.3 Å². The number of pyridine rings is 2. The van der Waals surface area contributed by atoms with Crippen molar-refractivity contribution >= 4 is 28.3 Å². The van der Waals surface area contributed by atoms with Crippen LogP contribution in [-0.4, -0.2) is 25.7 Å². The number of hydrogen-bond acceptors (Lipinski definition) is 5. The molecule has 1 N–H and O–H groups in total. The largest absolute Gasteiger partial charge is 0.344 e. The number of hydrogen-bond donors (Lipinski definition) is 1. The summed E-state index contributed by atoms with van der Waals surface area (Å²) in [7, 11) is 0. The molecule has 0 fully saturated rings. The molecule has 7 heteroatoms. The molecule has 162 valence electrons. The van der Waals surface area contributed by atoms with E-state index in [1.165, 1.54) is 11.1 Å². The summed E-state index contributed by atoms with van der Waals surface area (Å²) in [5, 5.41) is 10.8. The van der Waals surface area contributed by atoms with E-state index in [-0.39, 0.29) is 11.9 Å². The van der Waals surface area contributed by atoms with Gasteiger partial charge in [0.05, 0.1) is 11.4 Å². The molecule has 0 spiro atoms. The number of carbonyl (C=O) groups excluding carboxylic acids is 1. The molecule has 0 unspecified atom stereocenters. The maximum Gasteiger partial charge on any atom is 0.273 e. The van der Waals surface area contributed by atoms with Crippen LogP contribution in [0.3, 0.4) is 0 Å². The second-order valence-corrected chi connectivity index (χ2v) is 9.05. The molecule has 4 heterocycles. The van der Waals surface area contributed by atoms with Crippen molar-refractivity contribution in [3.63, 3.8) is 0 Å². The average Bonchev–Trinajstić information content (AvgIpc) is 3.53. The van der Waals surface area contributed by atoms with Crippen LogP contribution in [0.25, 0.3) is 27.3 Å². The molecule has 33 heavy (non-hydrogen) atoms. The number of carbonyl (C=O) groups is 1. The van der Waals surface area contributed by atoms with Crippen LogP contribution < -0.4 is 5.32 Å². The van der Waals surface area contributed by atoms with Crippen LogP contribution in [0.15, 0.2) is 78.4 Å². The van der Waals surface area contributed by atoms with E-state index in [0.29, 0.717) is 17.2 Å². The number of nitrogens with one attached hydrogen (secondary N) is 1. The van der Waals surface area contributed by atoms with Crippen molar-refractivity contribution in [1.29, 1.82) is 0 Å². The van der Waals surface area contributed by atoms with Crippen LogP contribution in [-0.2, 0) is 6.42 Å². The van der Waals surface area contributed by atoms with Crippen LogP contribution in [0, 0.1) is 0 Å². The van der Waals surface area contributed by atoms with E-state index >= 15 is 0 Å². The number of rotatable bonds is 4. The normalized spacial score (nSPS) is 15.3. The topological polar surface area (TPSA) is 72.7 Å². The van der Waals surface area contributed by atoms with Gasteiger partial charge in [0.2, 0.25) is 0 Å². The first-order valence-electron chi connectivity index (χ1n) is 11.0. The number of fused-ring (bicyclic) bond motifs is 2. The molecule has 1 amide bonds. The second kappa shape index (κ2) is 8.26. The lowest BCUT2D eigenvalue weighted by Gasteiger charge is -2.26. The van der Waals surface area contributed by atoms with Crippen molar-refractivity contribution in [3.8, 4) is 16.3 Å². The van der Waals surface area contributed by atoms with Crippen LogP contribution >= 0.6 is 11.3 Å². The first kappa shape index (κ1) is 19.8. The van der Waals surface area contributed by atoms with Gasteiger partial charge in [-0.25, -0.2) is 9.97 Å². The molecule has 6 nitrogen and oxygen atoms in total. The summed E-state index contributed by atoms with van der Waals surface area (Å²) < 4.78 is 1.66. The van der Waals surface area contributed by atoms with Gasteiger partial charge in [-0.05, 0) is 60.0 Å². The van der Waals surface area contributed by atoms with Crippen molar-refractivity contribution < 1.29 is 4.79 Å². The van der Waals surface area contributed by atoms with Gasteiger partial charge in [-0.1, -0.05) is 36.4 Å². The minimum absolute atomic E-state index is 0.0284. The fourth-order valence-electron chi connectivity index (χ4n) is 4.61. The van der Waals surface area contributed by atoms with Gasteiger partial charge in [0.15, 0.2) is 17.2 Å². The molecule has 0 radical (unpaired) electrons. The summed E-state index contributed by atoms with van der Waals surface area (Å²) in [5.41, 5.74) is 4.44. The van der Waals surface area contributed by atoms with E-state index in [1.54, 1.807) is 28.4 Å². The second-order valence-electron chi connectivity index (χ2n) is 8.10. The molecule has 1 atom stereocenters. The van der Waals surface area contributed by atoms with Crippen molar-refractivity contribution in [2.75, 3.05) is 0 Å². The molecule has 1 aromatic carbocycles. The number of benzene rings is 1. The maximum atomic E-state index is 13.7. The summed E-state index contributed by atoms with van der Waals surface area (Å²) in [6.07, 6.45) is 6.49. The Morgan fingerprint density at radius 1 is 1.00 bits per heavy atom. The van der Waals surface area contributed by atoms with E-state index in [0.717, 1.165) is 35.1 Å².